The van der Waals surface area contributed by atoms with Crippen LogP contribution in [0, 0.1) is 0 Å². The minimum Gasteiger partial charge on any atom is -0.496 e. The van der Waals surface area contributed by atoms with Crippen LogP contribution in [-0.2, 0) is 0 Å². The minimum atomic E-state index is -0.465. The zero-order valence-electron chi connectivity index (χ0n) is 14.0. The first-order chi connectivity index (χ1) is 12.5. The third kappa shape index (κ3) is 3.52. The first-order valence-electron chi connectivity index (χ1n) is 7.57. The zero-order valence-corrected chi connectivity index (χ0v) is 14.8. The van der Waals surface area contributed by atoms with E-state index in [0.29, 0.717) is 28.2 Å². The Balaban J connectivity index is 1.77. The van der Waals surface area contributed by atoms with E-state index < -0.39 is 5.91 Å². The van der Waals surface area contributed by atoms with Crippen molar-refractivity contribution in [3.05, 3.63) is 52.4 Å². The number of benzene rings is 2. The number of carbonyl (C=O) groups excluding carboxylic acids is 1. The van der Waals surface area contributed by atoms with Crippen molar-refractivity contribution >= 4 is 40.0 Å². The fourth-order valence-electron chi connectivity index (χ4n) is 2.51. The number of hydrogen-bond donors (Lipinski definition) is 4. The fraction of sp³-hybridized carbons (Fsp3) is 0.118. The van der Waals surface area contributed by atoms with Gasteiger partial charge in [0, 0.05) is 5.69 Å². The van der Waals surface area contributed by atoms with Gasteiger partial charge in [0.2, 0.25) is 0 Å². The lowest BCUT2D eigenvalue weighted by atomic mass is 10.1. The SMILES string of the molecule is COc1cccc(OC)c1C(=O)NC(=S)Nc1ccc2[nH]c(=O)[nH]c2c1. The van der Waals surface area contributed by atoms with Gasteiger partial charge in [-0.25, -0.2) is 4.79 Å². The van der Waals surface area contributed by atoms with E-state index in [-0.39, 0.29) is 16.4 Å². The van der Waals surface area contributed by atoms with Crippen molar-refractivity contribution in [2.75, 3.05) is 19.5 Å². The molecule has 0 spiro atoms. The Morgan fingerprint density at radius 3 is 2.35 bits per heavy atom. The molecule has 1 aromatic heterocycles. The van der Waals surface area contributed by atoms with Gasteiger partial charge in [0.25, 0.3) is 5.91 Å². The third-order valence-electron chi connectivity index (χ3n) is 3.66. The number of imidazole rings is 1. The number of hydrogen-bond acceptors (Lipinski definition) is 5. The van der Waals surface area contributed by atoms with Crippen molar-refractivity contribution in [1.29, 1.82) is 0 Å². The van der Waals surface area contributed by atoms with Crippen LogP contribution < -0.4 is 25.8 Å². The predicted octanol–water partition coefficient (Wildman–Crippen LogP) is 2.00. The lowest BCUT2D eigenvalue weighted by molar-refractivity contribution is 0.0971. The first kappa shape index (κ1) is 17.5. The molecule has 3 aromatic rings. The van der Waals surface area contributed by atoms with Gasteiger partial charge in [-0.15, -0.1) is 0 Å². The molecule has 3 rings (SSSR count). The monoisotopic (exact) mass is 372 g/mol. The van der Waals surface area contributed by atoms with Gasteiger partial charge < -0.3 is 24.8 Å². The number of carbonyl (C=O) groups is 1. The minimum absolute atomic E-state index is 0.0974. The van der Waals surface area contributed by atoms with Gasteiger partial charge in [0.1, 0.15) is 17.1 Å². The summed E-state index contributed by atoms with van der Waals surface area (Å²) in [5, 5.41) is 5.59. The first-order valence-corrected chi connectivity index (χ1v) is 7.98. The van der Waals surface area contributed by atoms with Crippen LogP contribution in [0.5, 0.6) is 11.5 Å². The van der Waals surface area contributed by atoms with E-state index in [1.54, 1.807) is 36.4 Å². The number of nitrogens with one attached hydrogen (secondary N) is 4. The molecule has 1 amide bonds. The van der Waals surface area contributed by atoms with E-state index in [2.05, 4.69) is 20.6 Å². The topological polar surface area (TPSA) is 108 Å². The summed E-state index contributed by atoms with van der Waals surface area (Å²) >= 11 is 5.19. The summed E-state index contributed by atoms with van der Waals surface area (Å²) in [5.74, 6) is 0.278. The second-order valence-corrected chi connectivity index (χ2v) is 5.69. The number of aromatic nitrogens is 2. The molecule has 0 saturated heterocycles. The summed E-state index contributed by atoms with van der Waals surface area (Å²) in [6, 6.07) is 10.2. The molecule has 0 unspecified atom stereocenters. The van der Waals surface area contributed by atoms with Crippen LogP contribution in [-0.4, -0.2) is 35.2 Å². The molecule has 0 aliphatic carbocycles. The average Bonchev–Trinajstić information content (AvgIpc) is 2.99. The number of ether oxygens (including phenoxy) is 2. The Hall–Kier alpha value is -3.33. The number of thiocarbonyl (C=S) groups is 1. The Bertz CT molecular complexity index is 1020. The van der Waals surface area contributed by atoms with E-state index in [1.807, 2.05) is 0 Å². The highest BCUT2D eigenvalue weighted by molar-refractivity contribution is 7.80. The molecule has 0 aliphatic heterocycles. The smallest absolute Gasteiger partial charge is 0.323 e. The molecule has 0 fully saturated rings. The van der Waals surface area contributed by atoms with Crippen molar-refractivity contribution in [3.63, 3.8) is 0 Å². The molecule has 8 nitrogen and oxygen atoms in total. The zero-order chi connectivity index (χ0) is 18.7. The van der Waals surface area contributed by atoms with Crippen LogP contribution in [0.1, 0.15) is 10.4 Å². The van der Waals surface area contributed by atoms with Gasteiger partial charge in [0.15, 0.2) is 5.11 Å². The molecular formula is C17H16N4O4S. The highest BCUT2D eigenvalue weighted by atomic mass is 32.1. The molecule has 0 atom stereocenters. The second-order valence-electron chi connectivity index (χ2n) is 5.29. The Labute approximate surface area is 153 Å². The number of amides is 1. The van der Waals surface area contributed by atoms with Gasteiger partial charge in [-0.2, -0.15) is 0 Å². The van der Waals surface area contributed by atoms with Gasteiger partial charge in [-0.1, -0.05) is 6.07 Å². The summed E-state index contributed by atoms with van der Waals surface area (Å²) in [7, 11) is 2.93. The summed E-state index contributed by atoms with van der Waals surface area (Å²) in [6.07, 6.45) is 0. The third-order valence-corrected chi connectivity index (χ3v) is 3.86. The number of H-pyrrole nitrogens is 2. The second kappa shape index (κ2) is 7.28. The number of aromatic amines is 2. The maximum absolute atomic E-state index is 12.6. The van der Waals surface area contributed by atoms with Gasteiger partial charge in [-0.3, -0.25) is 10.1 Å². The molecule has 0 bridgehead atoms. The lowest BCUT2D eigenvalue weighted by Crippen LogP contribution is -2.34. The number of methoxy groups -OCH3 is 2. The van der Waals surface area contributed by atoms with Crippen molar-refractivity contribution in [2.24, 2.45) is 0 Å². The molecule has 26 heavy (non-hydrogen) atoms. The van der Waals surface area contributed by atoms with Gasteiger partial charge in [-0.05, 0) is 42.5 Å². The van der Waals surface area contributed by atoms with Gasteiger partial charge >= 0.3 is 5.69 Å². The summed E-state index contributed by atoms with van der Waals surface area (Å²) in [5.41, 5.74) is 1.86. The van der Waals surface area contributed by atoms with Crippen molar-refractivity contribution in [2.45, 2.75) is 0 Å². The highest BCUT2D eigenvalue weighted by Crippen LogP contribution is 2.28. The maximum atomic E-state index is 12.6. The molecule has 0 aliphatic rings. The Morgan fingerprint density at radius 1 is 1.04 bits per heavy atom. The predicted molar refractivity (Wildman–Crippen MR) is 102 cm³/mol. The van der Waals surface area contributed by atoms with E-state index in [1.165, 1.54) is 14.2 Å². The molecule has 4 N–H and O–H groups in total. The quantitative estimate of drug-likeness (QED) is 0.522. The molecule has 0 saturated carbocycles. The van der Waals surface area contributed by atoms with Crippen LogP contribution in [0.3, 0.4) is 0 Å². The van der Waals surface area contributed by atoms with Crippen LogP contribution in [0.25, 0.3) is 11.0 Å². The number of fused-ring (bicyclic) bond motifs is 1. The van der Waals surface area contributed by atoms with Gasteiger partial charge in [0.05, 0.1) is 25.3 Å². The molecule has 1 heterocycles. The summed E-state index contributed by atoms with van der Waals surface area (Å²) < 4.78 is 10.4. The van der Waals surface area contributed by atoms with Crippen LogP contribution in [0.15, 0.2) is 41.2 Å². The van der Waals surface area contributed by atoms with Crippen molar-refractivity contribution in [1.82, 2.24) is 15.3 Å². The molecule has 134 valence electrons. The van der Waals surface area contributed by atoms with Crippen molar-refractivity contribution in [3.8, 4) is 11.5 Å². The Morgan fingerprint density at radius 2 is 1.69 bits per heavy atom. The van der Waals surface area contributed by atoms with Crippen LogP contribution in [0.4, 0.5) is 5.69 Å². The highest BCUT2D eigenvalue weighted by Gasteiger charge is 2.19. The lowest BCUT2D eigenvalue weighted by Gasteiger charge is -2.14. The number of anilines is 1. The van der Waals surface area contributed by atoms with E-state index >= 15 is 0 Å². The summed E-state index contributed by atoms with van der Waals surface area (Å²) in [6.45, 7) is 0. The standard InChI is InChI=1S/C17H16N4O4S/c1-24-12-4-3-5-13(25-2)14(12)15(22)21-17(26)18-9-6-7-10-11(8-9)20-16(23)19-10/h3-8H,1-2H3,(H2,19,20,23)(H2,18,21,22,26). The molecular weight excluding hydrogens is 356 g/mol. The molecule has 2 aromatic carbocycles. The number of rotatable bonds is 4. The Kier molecular flexibility index (Phi) is 4.90. The average molecular weight is 372 g/mol. The molecule has 0 radical (unpaired) electrons. The van der Waals surface area contributed by atoms with E-state index in [9.17, 15) is 9.59 Å². The fourth-order valence-corrected chi connectivity index (χ4v) is 2.72. The maximum Gasteiger partial charge on any atom is 0.323 e. The summed E-state index contributed by atoms with van der Waals surface area (Å²) in [4.78, 5) is 29.2. The molecule has 9 heteroatoms. The largest absolute Gasteiger partial charge is 0.496 e. The normalized spacial score (nSPS) is 10.4. The van der Waals surface area contributed by atoms with E-state index in [4.69, 9.17) is 21.7 Å². The van der Waals surface area contributed by atoms with Crippen LogP contribution in [0.2, 0.25) is 0 Å². The van der Waals surface area contributed by atoms with E-state index in [0.717, 1.165) is 0 Å². The van der Waals surface area contributed by atoms with Crippen molar-refractivity contribution < 1.29 is 14.3 Å². The van der Waals surface area contributed by atoms with Crippen LogP contribution >= 0.6 is 12.2 Å².